The number of hydrogen-bond acceptors (Lipinski definition) is 1. The largest absolute Gasteiger partial charge is 0.330 e. The third-order valence-electron chi connectivity index (χ3n) is 2.16. The highest BCUT2D eigenvalue weighted by Crippen LogP contribution is 2.04. The van der Waals surface area contributed by atoms with Crippen LogP contribution in [-0.2, 0) is 0 Å². The average Bonchev–Trinajstić information content (AvgIpc) is 2.16. The molecule has 0 aliphatic rings. The maximum Gasteiger partial charge on any atom is -0.00773 e. The molecule has 0 saturated heterocycles. The van der Waals surface area contributed by atoms with Gasteiger partial charge in [0.25, 0.3) is 0 Å². The lowest BCUT2D eigenvalue weighted by Gasteiger charge is -1.96. The van der Waals surface area contributed by atoms with Crippen molar-refractivity contribution in [3.05, 3.63) is 23.8 Å². The molecule has 0 aliphatic heterocycles. The van der Waals surface area contributed by atoms with E-state index in [0.717, 1.165) is 6.54 Å². The number of hydrogen-bond donors (Lipinski definition) is 1. The Morgan fingerprint density at radius 1 is 1.15 bits per heavy atom. The zero-order valence-electron chi connectivity index (χ0n) is 9.05. The fraction of sp³-hybridized carbons (Fsp3) is 0.667. The lowest BCUT2D eigenvalue weighted by molar-refractivity contribution is 0.652. The van der Waals surface area contributed by atoms with Crippen LogP contribution in [0.15, 0.2) is 23.8 Å². The van der Waals surface area contributed by atoms with Gasteiger partial charge in [-0.25, -0.2) is 0 Å². The summed E-state index contributed by atoms with van der Waals surface area (Å²) in [7, 11) is 0. The monoisotopic (exact) mass is 181 g/mol. The molecule has 76 valence electrons. The van der Waals surface area contributed by atoms with Crippen LogP contribution < -0.4 is 5.73 Å². The Kier molecular flexibility index (Phi) is 9.12. The van der Waals surface area contributed by atoms with Crippen molar-refractivity contribution in [1.82, 2.24) is 0 Å². The maximum absolute atomic E-state index is 5.41. The first-order chi connectivity index (χ1) is 6.31. The molecule has 2 N–H and O–H groups in total. The predicted molar refractivity (Wildman–Crippen MR) is 60.7 cm³/mol. The Morgan fingerprint density at radius 3 is 2.46 bits per heavy atom. The summed E-state index contributed by atoms with van der Waals surface area (Å²) in [6, 6.07) is 0. The van der Waals surface area contributed by atoms with Crippen molar-refractivity contribution >= 4 is 0 Å². The quantitative estimate of drug-likeness (QED) is 0.472. The summed E-state index contributed by atoms with van der Waals surface area (Å²) in [4.78, 5) is 0. The fourth-order valence-corrected chi connectivity index (χ4v) is 1.13. The summed E-state index contributed by atoms with van der Waals surface area (Å²) in [6.07, 6.45) is 12.9. The van der Waals surface area contributed by atoms with Gasteiger partial charge >= 0.3 is 0 Å². The second-order valence-corrected chi connectivity index (χ2v) is 3.43. The van der Waals surface area contributed by atoms with Crippen molar-refractivity contribution in [2.75, 3.05) is 6.54 Å². The SMILES string of the molecule is C/C=C(C)\C=C/CCCCCCN. The number of rotatable bonds is 7. The van der Waals surface area contributed by atoms with Gasteiger partial charge in [0, 0.05) is 0 Å². The molecule has 0 aromatic carbocycles. The van der Waals surface area contributed by atoms with E-state index in [9.17, 15) is 0 Å². The van der Waals surface area contributed by atoms with Crippen LogP contribution in [0.25, 0.3) is 0 Å². The number of unbranched alkanes of at least 4 members (excludes halogenated alkanes) is 4. The van der Waals surface area contributed by atoms with Crippen molar-refractivity contribution < 1.29 is 0 Å². The zero-order chi connectivity index (χ0) is 9.94. The first-order valence-electron chi connectivity index (χ1n) is 5.30. The highest BCUT2D eigenvalue weighted by atomic mass is 14.5. The van der Waals surface area contributed by atoms with Crippen LogP contribution in [0, 0.1) is 0 Å². The van der Waals surface area contributed by atoms with Gasteiger partial charge in [-0.1, -0.05) is 36.6 Å². The van der Waals surface area contributed by atoms with Crippen molar-refractivity contribution in [1.29, 1.82) is 0 Å². The highest BCUT2D eigenvalue weighted by Gasteiger charge is 1.86. The van der Waals surface area contributed by atoms with E-state index in [1.165, 1.54) is 37.7 Å². The number of allylic oxidation sites excluding steroid dienone is 4. The summed E-state index contributed by atoms with van der Waals surface area (Å²) in [5.74, 6) is 0. The first-order valence-corrected chi connectivity index (χ1v) is 5.30. The molecule has 0 unspecified atom stereocenters. The molecule has 0 bridgehead atoms. The van der Waals surface area contributed by atoms with Crippen LogP contribution >= 0.6 is 0 Å². The van der Waals surface area contributed by atoms with Gasteiger partial charge in [0.05, 0.1) is 0 Å². The summed E-state index contributed by atoms with van der Waals surface area (Å²) >= 11 is 0. The van der Waals surface area contributed by atoms with E-state index in [-0.39, 0.29) is 0 Å². The van der Waals surface area contributed by atoms with Crippen molar-refractivity contribution in [2.24, 2.45) is 5.73 Å². The number of nitrogens with two attached hydrogens (primary N) is 1. The molecule has 0 aliphatic carbocycles. The predicted octanol–water partition coefficient (Wildman–Crippen LogP) is 3.42. The lowest BCUT2D eigenvalue weighted by atomic mass is 10.1. The van der Waals surface area contributed by atoms with Crippen LogP contribution in [0.4, 0.5) is 0 Å². The van der Waals surface area contributed by atoms with Crippen molar-refractivity contribution in [3.8, 4) is 0 Å². The zero-order valence-corrected chi connectivity index (χ0v) is 9.05. The van der Waals surface area contributed by atoms with Crippen LogP contribution in [0.2, 0.25) is 0 Å². The van der Waals surface area contributed by atoms with Gasteiger partial charge in [-0.3, -0.25) is 0 Å². The third-order valence-corrected chi connectivity index (χ3v) is 2.16. The Balaban J connectivity index is 3.20. The van der Waals surface area contributed by atoms with Crippen molar-refractivity contribution in [2.45, 2.75) is 46.0 Å². The molecular formula is C12H23N. The molecule has 0 amide bonds. The van der Waals surface area contributed by atoms with E-state index < -0.39 is 0 Å². The summed E-state index contributed by atoms with van der Waals surface area (Å²) in [5, 5.41) is 0. The lowest BCUT2D eigenvalue weighted by Crippen LogP contribution is -1.97. The summed E-state index contributed by atoms with van der Waals surface area (Å²) in [5.41, 5.74) is 6.75. The summed E-state index contributed by atoms with van der Waals surface area (Å²) < 4.78 is 0. The van der Waals surface area contributed by atoms with Gasteiger partial charge in [-0.2, -0.15) is 0 Å². The minimum Gasteiger partial charge on any atom is -0.330 e. The van der Waals surface area contributed by atoms with E-state index in [2.05, 4.69) is 32.1 Å². The maximum atomic E-state index is 5.41. The smallest absolute Gasteiger partial charge is 0.00773 e. The second-order valence-electron chi connectivity index (χ2n) is 3.43. The minimum atomic E-state index is 0.841. The normalized spacial score (nSPS) is 12.7. The van der Waals surface area contributed by atoms with E-state index >= 15 is 0 Å². The minimum absolute atomic E-state index is 0.841. The molecule has 0 rings (SSSR count). The third kappa shape index (κ3) is 9.35. The Morgan fingerprint density at radius 2 is 1.85 bits per heavy atom. The molecular weight excluding hydrogens is 158 g/mol. The van der Waals surface area contributed by atoms with Gasteiger partial charge in [-0.15, -0.1) is 0 Å². The molecule has 0 radical (unpaired) electrons. The first kappa shape index (κ1) is 12.4. The van der Waals surface area contributed by atoms with E-state index in [1.807, 2.05) is 0 Å². The van der Waals surface area contributed by atoms with E-state index in [1.54, 1.807) is 0 Å². The summed E-state index contributed by atoms with van der Waals surface area (Å²) in [6.45, 7) is 5.04. The van der Waals surface area contributed by atoms with E-state index in [4.69, 9.17) is 5.73 Å². The highest BCUT2D eigenvalue weighted by molar-refractivity contribution is 5.14. The molecule has 0 aromatic heterocycles. The average molecular weight is 181 g/mol. The molecule has 0 spiro atoms. The molecule has 0 heterocycles. The molecule has 0 saturated carbocycles. The van der Waals surface area contributed by atoms with Gasteiger partial charge in [0.2, 0.25) is 0 Å². The molecule has 1 heteroatoms. The molecule has 0 aromatic rings. The molecule has 0 atom stereocenters. The Bertz CT molecular complexity index is 157. The second kappa shape index (κ2) is 9.53. The molecule has 13 heavy (non-hydrogen) atoms. The van der Waals surface area contributed by atoms with Gasteiger partial charge in [0.1, 0.15) is 0 Å². The molecule has 0 fully saturated rings. The van der Waals surface area contributed by atoms with Gasteiger partial charge in [-0.05, 0) is 39.7 Å². The van der Waals surface area contributed by atoms with Crippen LogP contribution in [-0.4, -0.2) is 6.54 Å². The fourth-order valence-electron chi connectivity index (χ4n) is 1.13. The Labute approximate surface area is 82.7 Å². The molecule has 1 nitrogen and oxygen atoms in total. The van der Waals surface area contributed by atoms with Gasteiger partial charge in [0.15, 0.2) is 0 Å². The van der Waals surface area contributed by atoms with Crippen LogP contribution in [0.1, 0.15) is 46.0 Å². The topological polar surface area (TPSA) is 26.0 Å². The standard InChI is InChI=1S/C12H23N/c1-3-12(2)10-8-6-4-5-7-9-11-13/h3,8,10H,4-7,9,11,13H2,1-2H3/b10-8-,12-3-. The van der Waals surface area contributed by atoms with Crippen LogP contribution in [0.3, 0.4) is 0 Å². The van der Waals surface area contributed by atoms with Crippen molar-refractivity contribution in [3.63, 3.8) is 0 Å². The van der Waals surface area contributed by atoms with E-state index in [0.29, 0.717) is 0 Å². The Hall–Kier alpha value is -0.560. The van der Waals surface area contributed by atoms with Gasteiger partial charge < -0.3 is 5.73 Å². The van der Waals surface area contributed by atoms with Crippen LogP contribution in [0.5, 0.6) is 0 Å².